The van der Waals surface area contributed by atoms with Gasteiger partial charge in [-0.05, 0) is 35.9 Å². The number of fused-ring (bicyclic) bond motifs is 1. The number of nitrogens with zero attached hydrogens (tertiary/aromatic N) is 2. The molecule has 0 saturated heterocycles. The summed E-state index contributed by atoms with van der Waals surface area (Å²) in [7, 11) is 0. The smallest absolute Gasteiger partial charge is 0.123 e. The van der Waals surface area contributed by atoms with E-state index < -0.39 is 0 Å². The molecule has 0 atom stereocenters. The monoisotopic (exact) mass is 294 g/mol. The molecule has 0 bridgehead atoms. The predicted molar refractivity (Wildman–Crippen MR) is 87.9 cm³/mol. The lowest BCUT2D eigenvalue weighted by Crippen LogP contribution is -2.22. The van der Waals surface area contributed by atoms with Crippen LogP contribution in [0.4, 0.5) is 4.39 Å². The van der Waals surface area contributed by atoms with Crippen molar-refractivity contribution in [2.75, 3.05) is 6.54 Å². The number of pyridine rings is 1. The largest absolute Gasteiger partial charge is 0.295 e. The van der Waals surface area contributed by atoms with Crippen LogP contribution in [-0.2, 0) is 13.1 Å². The molecule has 0 saturated carbocycles. The molecule has 3 rings (SSSR count). The highest BCUT2D eigenvalue weighted by Crippen LogP contribution is 2.18. The third-order valence-electron chi connectivity index (χ3n) is 3.85. The lowest BCUT2D eigenvalue weighted by molar-refractivity contribution is 0.272. The Bertz CT molecular complexity index is 765. The molecular formula is C19H19FN2. The van der Waals surface area contributed by atoms with E-state index in [-0.39, 0.29) is 5.82 Å². The van der Waals surface area contributed by atoms with Gasteiger partial charge >= 0.3 is 0 Å². The first-order valence-electron chi connectivity index (χ1n) is 7.55. The Balaban J connectivity index is 1.82. The molecule has 0 amide bonds. The van der Waals surface area contributed by atoms with Gasteiger partial charge in [0.1, 0.15) is 5.82 Å². The molecule has 2 aromatic carbocycles. The number of hydrogen-bond acceptors (Lipinski definition) is 2. The van der Waals surface area contributed by atoms with Crippen LogP contribution in [0.15, 0.2) is 60.8 Å². The van der Waals surface area contributed by atoms with Gasteiger partial charge in [0.05, 0.1) is 5.52 Å². The number of halogens is 1. The second-order valence-electron chi connectivity index (χ2n) is 5.43. The summed E-state index contributed by atoms with van der Waals surface area (Å²) in [6.07, 6.45) is 1.83. The van der Waals surface area contributed by atoms with Gasteiger partial charge in [-0.3, -0.25) is 9.88 Å². The lowest BCUT2D eigenvalue weighted by atomic mass is 10.1. The fourth-order valence-electron chi connectivity index (χ4n) is 2.71. The van der Waals surface area contributed by atoms with Crippen LogP contribution >= 0.6 is 0 Å². The molecular weight excluding hydrogens is 275 g/mol. The molecule has 22 heavy (non-hydrogen) atoms. The van der Waals surface area contributed by atoms with E-state index in [1.807, 2.05) is 18.3 Å². The van der Waals surface area contributed by atoms with Crippen molar-refractivity contribution < 1.29 is 4.39 Å². The van der Waals surface area contributed by atoms with Gasteiger partial charge in [0.15, 0.2) is 0 Å². The van der Waals surface area contributed by atoms with Crippen molar-refractivity contribution in [1.29, 1.82) is 0 Å². The minimum atomic E-state index is -0.180. The second kappa shape index (κ2) is 6.67. The van der Waals surface area contributed by atoms with Crippen LogP contribution in [0.1, 0.15) is 18.1 Å². The first kappa shape index (κ1) is 14.7. The van der Waals surface area contributed by atoms with Gasteiger partial charge in [0.2, 0.25) is 0 Å². The molecule has 112 valence electrons. The topological polar surface area (TPSA) is 16.1 Å². The molecule has 0 N–H and O–H groups in total. The summed E-state index contributed by atoms with van der Waals surface area (Å²) in [5.74, 6) is -0.180. The van der Waals surface area contributed by atoms with E-state index >= 15 is 0 Å². The Morgan fingerprint density at radius 3 is 2.64 bits per heavy atom. The highest BCUT2D eigenvalue weighted by molar-refractivity contribution is 5.81. The Kier molecular flexibility index (Phi) is 4.45. The maximum atomic E-state index is 13.3. The number of hydrogen-bond donors (Lipinski definition) is 0. The van der Waals surface area contributed by atoms with E-state index in [0.717, 1.165) is 36.1 Å². The molecule has 0 aliphatic rings. The van der Waals surface area contributed by atoms with Gasteiger partial charge in [-0.25, -0.2) is 4.39 Å². The zero-order valence-corrected chi connectivity index (χ0v) is 12.7. The number of aromatic nitrogens is 1. The average Bonchev–Trinajstić information content (AvgIpc) is 2.54. The maximum Gasteiger partial charge on any atom is 0.123 e. The summed E-state index contributed by atoms with van der Waals surface area (Å²) < 4.78 is 13.3. The fraction of sp³-hybridized carbons (Fsp3) is 0.211. The van der Waals surface area contributed by atoms with E-state index in [2.05, 4.69) is 41.1 Å². The third kappa shape index (κ3) is 3.31. The third-order valence-corrected chi connectivity index (χ3v) is 3.85. The van der Waals surface area contributed by atoms with Gasteiger partial charge in [-0.1, -0.05) is 43.3 Å². The first-order chi connectivity index (χ1) is 10.8. The van der Waals surface area contributed by atoms with Crippen molar-refractivity contribution in [3.8, 4) is 0 Å². The molecule has 0 radical (unpaired) electrons. The molecule has 3 aromatic rings. The van der Waals surface area contributed by atoms with Crippen molar-refractivity contribution in [1.82, 2.24) is 9.88 Å². The van der Waals surface area contributed by atoms with E-state index in [1.165, 1.54) is 11.6 Å². The van der Waals surface area contributed by atoms with E-state index in [9.17, 15) is 4.39 Å². The zero-order chi connectivity index (χ0) is 15.4. The Morgan fingerprint density at radius 1 is 1.00 bits per heavy atom. The molecule has 0 fully saturated rings. The minimum Gasteiger partial charge on any atom is -0.295 e. The molecule has 0 aliphatic carbocycles. The summed E-state index contributed by atoms with van der Waals surface area (Å²) in [6, 6.07) is 17.1. The fourth-order valence-corrected chi connectivity index (χ4v) is 2.71. The first-order valence-corrected chi connectivity index (χ1v) is 7.55. The molecule has 3 heteroatoms. The van der Waals surface area contributed by atoms with Gasteiger partial charge < -0.3 is 0 Å². The van der Waals surface area contributed by atoms with Crippen LogP contribution in [0, 0.1) is 5.82 Å². The van der Waals surface area contributed by atoms with Gasteiger partial charge in [-0.15, -0.1) is 0 Å². The van der Waals surface area contributed by atoms with Gasteiger partial charge in [0, 0.05) is 24.7 Å². The summed E-state index contributed by atoms with van der Waals surface area (Å²) >= 11 is 0. The highest BCUT2D eigenvalue weighted by Gasteiger charge is 2.09. The summed E-state index contributed by atoms with van der Waals surface area (Å²) in [5.41, 5.74) is 3.24. The van der Waals surface area contributed by atoms with Crippen LogP contribution in [0.2, 0.25) is 0 Å². The standard InChI is InChI=1S/C19H19FN2/c1-2-22(13-15-6-3-10-18(20)12-15)14-17-8-4-7-16-9-5-11-21-19(16)17/h3-12H,2,13-14H2,1H3. The Morgan fingerprint density at radius 2 is 1.82 bits per heavy atom. The normalized spacial score (nSPS) is 11.2. The van der Waals surface area contributed by atoms with Crippen LogP contribution in [0.5, 0.6) is 0 Å². The second-order valence-corrected chi connectivity index (χ2v) is 5.43. The predicted octanol–water partition coefficient (Wildman–Crippen LogP) is 4.40. The van der Waals surface area contributed by atoms with Crippen LogP contribution in [-0.4, -0.2) is 16.4 Å². The van der Waals surface area contributed by atoms with Crippen molar-refractivity contribution in [3.63, 3.8) is 0 Å². The van der Waals surface area contributed by atoms with Crippen molar-refractivity contribution in [3.05, 3.63) is 77.7 Å². The van der Waals surface area contributed by atoms with E-state index in [0.29, 0.717) is 0 Å². The van der Waals surface area contributed by atoms with Crippen LogP contribution < -0.4 is 0 Å². The molecule has 1 heterocycles. The molecule has 2 nitrogen and oxygen atoms in total. The highest BCUT2D eigenvalue weighted by atomic mass is 19.1. The minimum absolute atomic E-state index is 0.180. The Labute approximate surface area is 130 Å². The molecule has 0 spiro atoms. The van der Waals surface area contributed by atoms with Crippen molar-refractivity contribution in [2.24, 2.45) is 0 Å². The number of benzene rings is 2. The lowest BCUT2D eigenvalue weighted by Gasteiger charge is -2.21. The molecule has 1 aromatic heterocycles. The van der Waals surface area contributed by atoms with E-state index in [4.69, 9.17) is 0 Å². The quantitative estimate of drug-likeness (QED) is 0.693. The number of para-hydroxylation sites is 1. The maximum absolute atomic E-state index is 13.3. The zero-order valence-electron chi connectivity index (χ0n) is 12.7. The van der Waals surface area contributed by atoms with Crippen LogP contribution in [0.3, 0.4) is 0 Å². The van der Waals surface area contributed by atoms with E-state index in [1.54, 1.807) is 12.1 Å². The van der Waals surface area contributed by atoms with Crippen molar-refractivity contribution in [2.45, 2.75) is 20.0 Å². The number of rotatable bonds is 5. The van der Waals surface area contributed by atoms with Gasteiger partial charge in [-0.2, -0.15) is 0 Å². The molecule has 0 unspecified atom stereocenters. The summed E-state index contributed by atoms with van der Waals surface area (Å²) in [4.78, 5) is 6.79. The van der Waals surface area contributed by atoms with Crippen molar-refractivity contribution >= 4 is 10.9 Å². The average molecular weight is 294 g/mol. The molecule has 0 aliphatic heterocycles. The summed E-state index contributed by atoms with van der Waals surface area (Å²) in [6.45, 7) is 4.57. The SMILES string of the molecule is CCN(Cc1cccc(F)c1)Cc1cccc2cccnc12. The van der Waals surface area contributed by atoms with Gasteiger partial charge in [0.25, 0.3) is 0 Å². The van der Waals surface area contributed by atoms with Crippen LogP contribution in [0.25, 0.3) is 10.9 Å². The summed E-state index contributed by atoms with van der Waals surface area (Å²) in [5, 5.41) is 1.15. The Hall–Kier alpha value is -2.26.